The van der Waals surface area contributed by atoms with Gasteiger partial charge >= 0.3 is 5.97 Å². The molecule has 0 amide bonds. The Bertz CT molecular complexity index is 522. The number of hydrogen-bond acceptors (Lipinski definition) is 5. The summed E-state index contributed by atoms with van der Waals surface area (Å²) in [5.41, 5.74) is 0. The van der Waals surface area contributed by atoms with Crippen molar-refractivity contribution in [3.05, 3.63) is 12.4 Å². The maximum atomic E-state index is 11.1. The normalized spacial score (nSPS) is 26.1. The molecule has 0 aliphatic carbocycles. The first-order valence-electron chi connectivity index (χ1n) is 7.68. The van der Waals surface area contributed by atoms with Gasteiger partial charge in [0.05, 0.1) is 5.92 Å². The number of rotatable bonds is 3. The van der Waals surface area contributed by atoms with Crippen LogP contribution in [0.5, 0.6) is 0 Å². The largest absolute Gasteiger partial charge is 0.481 e. The number of aliphatic carboxylic acids is 1. The number of carboxylic acid groups (broad SMARTS) is 1. The van der Waals surface area contributed by atoms with Gasteiger partial charge in [-0.3, -0.25) is 4.79 Å². The standard InChI is InChI=1S/C15H22N4O2/c1-11-3-2-5-18(8-11)13-7-14(17-10-16-13)19-6-4-12(9-19)15(20)21/h7,10-12H,2-6,8-9H2,1H3,(H,20,21). The van der Waals surface area contributed by atoms with E-state index < -0.39 is 5.97 Å². The Hall–Kier alpha value is -1.85. The van der Waals surface area contributed by atoms with E-state index in [0.29, 0.717) is 18.9 Å². The average molecular weight is 290 g/mol. The Morgan fingerprint density at radius 3 is 2.52 bits per heavy atom. The summed E-state index contributed by atoms with van der Waals surface area (Å²) in [5.74, 6) is 1.52. The maximum absolute atomic E-state index is 11.1. The zero-order chi connectivity index (χ0) is 14.8. The Morgan fingerprint density at radius 1 is 1.19 bits per heavy atom. The van der Waals surface area contributed by atoms with Crippen molar-refractivity contribution in [3.63, 3.8) is 0 Å². The van der Waals surface area contributed by atoms with Crippen LogP contribution < -0.4 is 9.80 Å². The van der Waals surface area contributed by atoms with Crippen LogP contribution in [-0.2, 0) is 4.79 Å². The van der Waals surface area contributed by atoms with Crippen LogP contribution in [0.2, 0.25) is 0 Å². The van der Waals surface area contributed by atoms with Gasteiger partial charge in [-0.1, -0.05) is 6.92 Å². The molecule has 2 unspecified atom stereocenters. The van der Waals surface area contributed by atoms with Gasteiger partial charge in [-0.2, -0.15) is 0 Å². The van der Waals surface area contributed by atoms with Crippen LogP contribution in [0.25, 0.3) is 0 Å². The molecular weight excluding hydrogens is 268 g/mol. The van der Waals surface area contributed by atoms with E-state index in [1.54, 1.807) is 6.33 Å². The topological polar surface area (TPSA) is 69.6 Å². The lowest BCUT2D eigenvalue weighted by molar-refractivity contribution is -0.140. The highest BCUT2D eigenvalue weighted by Gasteiger charge is 2.29. The molecule has 2 fully saturated rings. The summed E-state index contributed by atoms with van der Waals surface area (Å²) in [5, 5.41) is 9.10. The minimum Gasteiger partial charge on any atom is -0.481 e. The van der Waals surface area contributed by atoms with E-state index >= 15 is 0 Å². The fraction of sp³-hybridized carbons (Fsp3) is 0.667. The van der Waals surface area contributed by atoms with Gasteiger partial charge < -0.3 is 14.9 Å². The molecule has 0 spiro atoms. The Morgan fingerprint density at radius 2 is 1.90 bits per heavy atom. The van der Waals surface area contributed by atoms with Gasteiger partial charge in [-0.25, -0.2) is 9.97 Å². The van der Waals surface area contributed by atoms with Crippen LogP contribution in [0.1, 0.15) is 26.2 Å². The number of carbonyl (C=O) groups is 1. The lowest BCUT2D eigenvalue weighted by atomic mass is 10.0. The van der Waals surface area contributed by atoms with Gasteiger partial charge in [-0.15, -0.1) is 0 Å². The highest BCUT2D eigenvalue weighted by Crippen LogP contribution is 2.26. The molecule has 6 nitrogen and oxygen atoms in total. The summed E-state index contributed by atoms with van der Waals surface area (Å²) < 4.78 is 0. The number of aromatic nitrogens is 2. The second-order valence-corrected chi connectivity index (χ2v) is 6.20. The zero-order valence-electron chi connectivity index (χ0n) is 12.4. The van der Waals surface area contributed by atoms with Crippen molar-refractivity contribution in [1.29, 1.82) is 0 Å². The highest BCUT2D eigenvalue weighted by molar-refractivity contribution is 5.72. The number of carboxylic acids is 1. The molecule has 0 aromatic carbocycles. The number of piperidine rings is 1. The third kappa shape index (κ3) is 3.09. The zero-order valence-corrected chi connectivity index (χ0v) is 12.4. The Labute approximate surface area is 124 Å². The van der Waals surface area contributed by atoms with Gasteiger partial charge in [0, 0.05) is 32.2 Å². The third-order valence-corrected chi connectivity index (χ3v) is 4.48. The predicted molar refractivity (Wildman–Crippen MR) is 80.6 cm³/mol. The Kier molecular flexibility index (Phi) is 3.94. The van der Waals surface area contributed by atoms with E-state index in [-0.39, 0.29) is 5.92 Å². The first-order valence-corrected chi connectivity index (χ1v) is 7.68. The van der Waals surface area contributed by atoms with Crippen LogP contribution in [0.15, 0.2) is 12.4 Å². The Balaban J connectivity index is 1.73. The molecule has 2 atom stereocenters. The number of anilines is 2. The summed E-state index contributed by atoms with van der Waals surface area (Å²) in [6, 6.07) is 2.00. The molecule has 0 bridgehead atoms. The molecule has 2 aliphatic rings. The molecule has 1 aromatic rings. The van der Waals surface area contributed by atoms with Crippen LogP contribution in [0.4, 0.5) is 11.6 Å². The van der Waals surface area contributed by atoms with E-state index in [4.69, 9.17) is 5.11 Å². The van der Waals surface area contributed by atoms with Crippen LogP contribution in [0, 0.1) is 11.8 Å². The van der Waals surface area contributed by atoms with Crippen LogP contribution in [0.3, 0.4) is 0 Å². The van der Waals surface area contributed by atoms with Crippen LogP contribution >= 0.6 is 0 Å². The van der Waals surface area contributed by atoms with E-state index in [0.717, 1.165) is 31.3 Å². The first kappa shape index (κ1) is 14.1. The molecule has 21 heavy (non-hydrogen) atoms. The van der Waals surface area contributed by atoms with Crippen molar-refractivity contribution in [2.75, 3.05) is 36.0 Å². The maximum Gasteiger partial charge on any atom is 0.308 e. The van der Waals surface area contributed by atoms with Gasteiger partial charge in [0.25, 0.3) is 0 Å². The monoisotopic (exact) mass is 290 g/mol. The smallest absolute Gasteiger partial charge is 0.308 e. The summed E-state index contributed by atoms with van der Waals surface area (Å²) >= 11 is 0. The molecule has 6 heteroatoms. The highest BCUT2D eigenvalue weighted by atomic mass is 16.4. The van der Waals surface area contributed by atoms with Crippen LogP contribution in [-0.4, -0.2) is 47.2 Å². The van der Waals surface area contributed by atoms with E-state index in [9.17, 15) is 4.79 Å². The number of hydrogen-bond donors (Lipinski definition) is 1. The van der Waals surface area contributed by atoms with Crippen molar-refractivity contribution in [2.24, 2.45) is 11.8 Å². The molecule has 114 valence electrons. The van der Waals surface area contributed by atoms with Crippen molar-refractivity contribution >= 4 is 17.6 Å². The molecule has 0 radical (unpaired) electrons. The van der Waals surface area contributed by atoms with Gasteiger partial charge in [0.2, 0.25) is 0 Å². The van der Waals surface area contributed by atoms with E-state index in [1.165, 1.54) is 12.8 Å². The van der Waals surface area contributed by atoms with Crippen molar-refractivity contribution in [1.82, 2.24) is 9.97 Å². The lowest BCUT2D eigenvalue weighted by Gasteiger charge is -2.32. The minimum atomic E-state index is -0.711. The molecule has 1 aromatic heterocycles. The van der Waals surface area contributed by atoms with Gasteiger partial charge in [-0.05, 0) is 25.2 Å². The second-order valence-electron chi connectivity index (χ2n) is 6.20. The van der Waals surface area contributed by atoms with E-state index in [1.807, 2.05) is 6.07 Å². The summed E-state index contributed by atoms with van der Waals surface area (Å²) in [6.45, 7) is 5.64. The fourth-order valence-corrected chi connectivity index (χ4v) is 3.25. The van der Waals surface area contributed by atoms with Gasteiger partial charge in [0.1, 0.15) is 18.0 Å². The molecule has 1 N–H and O–H groups in total. The summed E-state index contributed by atoms with van der Waals surface area (Å²) in [6.07, 6.45) is 4.76. The summed E-state index contributed by atoms with van der Waals surface area (Å²) in [4.78, 5) is 24.1. The van der Waals surface area contributed by atoms with Crippen molar-refractivity contribution in [3.8, 4) is 0 Å². The first-order chi connectivity index (χ1) is 10.1. The quantitative estimate of drug-likeness (QED) is 0.912. The molecule has 2 saturated heterocycles. The molecule has 3 heterocycles. The minimum absolute atomic E-state index is 0.279. The van der Waals surface area contributed by atoms with Crippen molar-refractivity contribution < 1.29 is 9.90 Å². The van der Waals surface area contributed by atoms with Crippen molar-refractivity contribution in [2.45, 2.75) is 26.2 Å². The SMILES string of the molecule is CC1CCCN(c2cc(N3CCC(C(=O)O)C3)ncn2)C1. The fourth-order valence-electron chi connectivity index (χ4n) is 3.25. The van der Waals surface area contributed by atoms with E-state index in [2.05, 4.69) is 26.7 Å². The molecule has 3 rings (SSSR count). The molecule has 0 saturated carbocycles. The molecule has 2 aliphatic heterocycles. The van der Waals surface area contributed by atoms with Gasteiger partial charge in [0.15, 0.2) is 0 Å². The number of nitrogens with zero attached hydrogens (tertiary/aromatic N) is 4. The second kappa shape index (κ2) is 5.87. The molecular formula is C15H22N4O2. The third-order valence-electron chi connectivity index (χ3n) is 4.48. The predicted octanol–water partition coefficient (Wildman–Crippen LogP) is 1.62. The average Bonchev–Trinajstić information content (AvgIpc) is 2.97. The lowest BCUT2D eigenvalue weighted by Crippen LogP contribution is -2.35. The summed E-state index contributed by atoms with van der Waals surface area (Å²) in [7, 11) is 0.